The van der Waals surface area contributed by atoms with E-state index in [1.165, 1.54) is 0 Å². The third-order valence-electron chi connectivity index (χ3n) is 3.89. The SMILES string of the molecule is Cl.Cl.O=C(CC1CCNCC1)Nc1cccc(-c2cnc[nH]2)c1. The molecule has 0 aliphatic carbocycles. The minimum atomic E-state index is 0. The number of anilines is 1. The first-order chi connectivity index (χ1) is 10.3. The number of nitrogens with zero attached hydrogens (tertiary/aromatic N) is 1. The summed E-state index contributed by atoms with van der Waals surface area (Å²) in [5.74, 6) is 0.603. The number of H-pyrrole nitrogens is 1. The number of carbonyl (C=O) groups is 1. The fourth-order valence-corrected chi connectivity index (χ4v) is 2.74. The van der Waals surface area contributed by atoms with Crippen LogP contribution in [0.25, 0.3) is 11.3 Å². The zero-order valence-electron chi connectivity index (χ0n) is 12.7. The predicted molar refractivity (Wildman–Crippen MR) is 97.4 cm³/mol. The second-order valence-electron chi connectivity index (χ2n) is 5.49. The number of amides is 1. The van der Waals surface area contributed by atoms with Crippen molar-refractivity contribution in [2.75, 3.05) is 18.4 Å². The van der Waals surface area contributed by atoms with E-state index in [1.54, 1.807) is 12.5 Å². The van der Waals surface area contributed by atoms with Crippen molar-refractivity contribution in [3.05, 3.63) is 36.8 Å². The lowest BCUT2D eigenvalue weighted by atomic mass is 9.94. The second-order valence-corrected chi connectivity index (χ2v) is 5.49. The average molecular weight is 357 g/mol. The molecule has 1 amide bonds. The standard InChI is InChI=1S/C16H20N4O.2ClH/c21-16(8-12-4-6-17-7-5-12)20-14-3-1-2-13(9-14)15-10-18-11-19-15;;/h1-3,9-12,17H,4-8H2,(H,18,19)(H,20,21);2*1H. The molecule has 5 nitrogen and oxygen atoms in total. The van der Waals surface area contributed by atoms with E-state index in [2.05, 4.69) is 20.6 Å². The third kappa shape index (κ3) is 5.53. The molecule has 1 fully saturated rings. The largest absolute Gasteiger partial charge is 0.345 e. The first kappa shape index (κ1) is 19.5. The number of hydrogen-bond donors (Lipinski definition) is 3. The van der Waals surface area contributed by atoms with Crippen molar-refractivity contribution in [2.45, 2.75) is 19.3 Å². The van der Waals surface area contributed by atoms with Gasteiger partial charge in [0.2, 0.25) is 5.91 Å². The molecule has 1 saturated heterocycles. The van der Waals surface area contributed by atoms with Crippen LogP contribution >= 0.6 is 24.8 Å². The molecule has 1 aromatic carbocycles. The average Bonchev–Trinajstić information content (AvgIpc) is 3.02. The van der Waals surface area contributed by atoms with Gasteiger partial charge in [-0.2, -0.15) is 0 Å². The minimum Gasteiger partial charge on any atom is -0.345 e. The van der Waals surface area contributed by atoms with Crippen molar-refractivity contribution in [1.82, 2.24) is 15.3 Å². The summed E-state index contributed by atoms with van der Waals surface area (Å²) in [6.07, 6.45) is 6.20. The lowest BCUT2D eigenvalue weighted by Crippen LogP contribution is -2.30. The summed E-state index contributed by atoms with van der Waals surface area (Å²) in [5, 5.41) is 6.32. The molecule has 1 aliphatic rings. The number of imidazole rings is 1. The van der Waals surface area contributed by atoms with Gasteiger partial charge in [-0.15, -0.1) is 24.8 Å². The number of carbonyl (C=O) groups excluding carboxylic acids is 1. The Kier molecular flexibility index (Phi) is 8.09. The quantitative estimate of drug-likeness (QED) is 0.787. The molecule has 7 heteroatoms. The number of piperidine rings is 1. The number of benzene rings is 1. The van der Waals surface area contributed by atoms with Crippen LogP contribution in [0.1, 0.15) is 19.3 Å². The molecule has 0 atom stereocenters. The van der Waals surface area contributed by atoms with Gasteiger partial charge in [0.1, 0.15) is 0 Å². The van der Waals surface area contributed by atoms with Crippen LogP contribution in [0.2, 0.25) is 0 Å². The Morgan fingerprint density at radius 3 is 2.74 bits per heavy atom. The monoisotopic (exact) mass is 356 g/mol. The van der Waals surface area contributed by atoms with Gasteiger partial charge < -0.3 is 15.6 Å². The maximum Gasteiger partial charge on any atom is 0.224 e. The van der Waals surface area contributed by atoms with Gasteiger partial charge in [0, 0.05) is 17.7 Å². The van der Waals surface area contributed by atoms with Crippen LogP contribution < -0.4 is 10.6 Å². The van der Waals surface area contributed by atoms with Crippen molar-refractivity contribution in [3.8, 4) is 11.3 Å². The number of aromatic amines is 1. The van der Waals surface area contributed by atoms with Crippen LogP contribution in [0.3, 0.4) is 0 Å². The molecule has 126 valence electrons. The van der Waals surface area contributed by atoms with Crippen LogP contribution in [-0.2, 0) is 4.79 Å². The zero-order valence-corrected chi connectivity index (χ0v) is 14.4. The summed E-state index contributed by atoms with van der Waals surface area (Å²) in [7, 11) is 0. The Morgan fingerprint density at radius 1 is 1.26 bits per heavy atom. The maximum absolute atomic E-state index is 12.1. The van der Waals surface area contributed by atoms with E-state index in [0.717, 1.165) is 42.9 Å². The highest BCUT2D eigenvalue weighted by molar-refractivity contribution is 5.91. The topological polar surface area (TPSA) is 69.8 Å². The summed E-state index contributed by atoms with van der Waals surface area (Å²) in [6.45, 7) is 2.04. The van der Waals surface area contributed by atoms with E-state index >= 15 is 0 Å². The molecule has 0 unspecified atom stereocenters. The smallest absolute Gasteiger partial charge is 0.224 e. The predicted octanol–water partition coefficient (Wildman–Crippen LogP) is 3.25. The second kappa shape index (κ2) is 9.55. The van der Waals surface area contributed by atoms with E-state index in [4.69, 9.17) is 0 Å². The molecule has 0 bridgehead atoms. The number of aromatic nitrogens is 2. The Labute approximate surface area is 148 Å². The molecule has 3 rings (SSSR count). The highest BCUT2D eigenvalue weighted by Gasteiger charge is 2.16. The summed E-state index contributed by atoms with van der Waals surface area (Å²) in [4.78, 5) is 19.2. The molecule has 23 heavy (non-hydrogen) atoms. The van der Waals surface area contributed by atoms with Crippen LogP contribution in [0.4, 0.5) is 5.69 Å². The Morgan fingerprint density at radius 2 is 2.04 bits per heavy atom. The molecule has 2 heterocycles. The van der Waals surface area contributed by atoms with Gasteiger partial charge in [-0.25, -0.2) is 4.98 Å². The lowest BCUT2D eigenvalue weighted by molar-refractivity contribution is -0.117. The number of hydrogen-bond acceptors (Lipinski definition) is 3. The van der Waals surface area contributed by atoms with E-state index in [0.29, 0.717) is 12.3 Å². The highest BCUT2D eigenvalue weighted by atomic mass is 35.5. The number of halogens is 2. The summed E-state index contributed by atoms with van der Waals surface area (Å²) >= 11 is 0. The Balaban J connectivity index is 0.00000132. The third-order valence-corrected chi connectivity index (χ3v) is 3.89. The molecule has 0 radical (unpaired) electrons. The van der Waals surface area contributed by atoms with Crippen LogP contribution in [-0.4, -0.2) is 29.0 Å². The Bertz CT molecular complexity index is 598. The van der Waals surface area contributed by atoms with Gasteiger partial charge in [-0.1, -0.05) is 12.1 Å². The first-order valence-corrected chi connectivity index (χ1v) is 7.40. The van der Waals surface area contributed by atoms with Crippen LogP contribution in [0, 0.1) is 5.92 Å². The van der Waals surface area contributed by atoms with Gasteiger partial charge in [0.25, 0.3) is 0 Å². The van der Waals surface area contributed by atoms with Crippen molar-refractivity contribution in [3.63, 3.8) is 0 Å². The zero-order chi connectivity index (χ0) is 14.5. The van der Waals surface area contributed by atoms with Crippen molar-refractivity contribution < 1.29 is 4.79 Å². The molecule has 1 aliphatic heterocycles. The summed E-state index contributed by atoms with van der Waals surface area (Å²) in [5.41, 5.74) is 2.80. The van der Waals surface area contributed by atoms with E-state index in [1.807, 2.05) is 24.3 Å². The number of nitrogens with one attached hydrogen (secondary N) is 3. The Hall–Kier alpha value is -1.56. The molecule has 0 saturated carbocycles. The molecule has 2 aromatic rings. The highest BCUT2D eigenvalue weighted by Crippen LogP contribution is 2.21. The van der Waals surface area contributed by atoms with Crippen molar-refractivity contribution in [2.24, 2.45) is 5.92 Å². The summed E-state index contributed by atoms with van der Waals surface area (Å²) in [6, 6.07) is 7.82. The first-order valence-electron chi connectivity index (χ1n) is 7.40. The van der Waals surface area contributed by atoms with E-state index in [9.17, 15) is 4.79 Å². The van der Waals surface area contributed by atoms with Crippen molar-refractivity contribution >= 4 is 36.4 Å². The summed E-state index contributed by atoms with van der Waals surface area (Å²) < 4.78 is 0. The van der Waals surface area contributed by atoms with Crippen LogP contribution in [0.5, 0.6) is 0 Å². The van der Waals surface area contributed by atoms with Gasteiger partial charge in [0.15, 0.2) is 0 Å². The fourth-order valence-electron chi connectivity index (χ4n) is 2.74. The van der Waals surface area contributed by atoms with E-state index < -0.39 is 0 Å². The molecular weight excluding hydrogens is 335 g/mol. The van der Waals surface area contributed by atoms with Gasteiger partial charge in [0.05, 0.1) is 18.2 Å². The lowest BCUT2D eigenvalue weighted by Gasteiger charge is -2.21. The van der Waals surface area contributed by atoms with Crippen LogP contribution in [0.15, 0.2) is 36.8 Å². The van der Waals surface area contributed by atoms with Gasteiger partial charge >= 0.3 is 0 Å². The van der Waals surface area contributed by atoms with Crippen molar-refractivity contribution in [1.29, 1.82) is 0 Å². The van der Waals surface area contributed by atoms with E-state index in [-0.39, 0.29) is 30.7 Å². The molecular formula is C16H22Cl2N4O. The molecule has 3 N–H and O–H groups in total. The maximum atomic E-state index is 12.1. The minimum absolute atomic E-state index is 0. The van der Waals surface area contributed by atoms with Gasteiger partial charge in [-0.05, 0) is 44.0 Å². The fraction of sp³-hybridized carbons (Fsp3) is 0.375. The van der Waals surface area contributed by atoms with Gasteiger partial charge in [-0.3, -0.25) is 4.79 Å². The normalized spacial score (nSPS) is 14.4. The molecule has 0 spiro atoms. The molecule has 1 aromatic heterocycles. The number of rotatable bonds is 4.